The predicted octanol–water partition coefficient (Wildman–Crippen LogP) is 3.07. The Morgan fingerprint density at radius 2 is 1.81 bits per heavy atom. The third kappa shape index (κ3) is 2.23. The van der Waals surface area contributed by atoms with Crippen LogP contribution in [0.2, 0.25) is 0 Å². The van der Waals surface area contributed by atoms with E-state index in [9.17, 15) is 20.0 Å². The van der Waals surface area contributed by atoms with Crippen molar-refractivity contribution in [3.8, 4) is 17.1 Å². The van der Waals surface area contributed by atoms with Crippen LogP contribution in [0.15, 0.2) is 57.7 Å². The molecule has 0 aliphatic carbocycles. The summed E-state index contributed by atoms with van der Waals surface area (Å²) in [6.45, 7) is 0. The summed E-state index contributed by atoms with van der Waals surface area (Å²) in [5, 5.41) is 20.5. The van der Waals surface area contributed by atoms with Gasteiger partial charge in [0.15, 0.2) is 11.2 Å². The summed E-state index contributed by atoms with van der Waals surface area (Å²) in [5.74, 6) is -0.206. The fraction of sp³-hybridized carbons (Fsp3) is 0. The topological polar surface area (TPSA) is 93.6 Å². The molecule has 0 spiro atoms. The van der Waals surface area contributed by atoms with Crippen molar-refractivity contribution in [1.29, 1.82) is 0 Å². The lowest BCUT2D eigenvalue weighted by atomic mass is 10.1. The molecule has 0 aliphatic heterocycles. The average Bonchev–Trinajstić information content (AvgIpc) is 2.47. The van der Waals surface area contributed by atoms with Crippen LogP contribution >= 0.6 is 0 Å². The zero-order chi connectivity index (χ0) is 15.0. The van der Waals surface area contributed by atoms with Gasteiger partial charge in [0.05, 0.1) is 10.3 Å². The monoisotopic (exact) mass is 283 g/mol. The van der Waals surface area contributed by atoms with Gasteiger partial charge < -0.3 is 9.52 Å². The lowest BCUT2D eigenvalue weighted by molar-refractivity contribution is -0.385. The Kier molecular flexibility index (Phi) is 2.91. The molecule has 3 aromatic rings. The maximum atomic E-state index is 12.1. The summed E-state index contributed by atoms with van der Waals surface area (Å²) in [7, 11) is 0. The van der Waals surface area contributed by atoms with E-state index in [2.05, 4.69) is 0 Å². The molecule has 6 nitrogen and oxygen atoms in total. The summed E-state index contributed by atoms with van der Waals surface area (Å²) in [6, 6.07) is 12.4. The molecule has 0 unspecified atom stereocenters. The second-order valence-electron chi connectivity index (χ2n) is 4.44. The zero-order valence-electron chi connectivity index (χ0n) is 10.6. The lowest BCUT2D eigenvalue weighted by Gasteiger charge is -2.04. The van der Waals surface area contributed by atoms with Crippen LogP contribution in [0.1, 0.15) is 0 Å². The molecule has 0 saturated heterocycles. The number of nitro groups is 1. The molecule has 0 saturated carbocycles. The molecule has 0 atom stereocenters. The number of rotatable bonds is 2. The third-order valence-corrected chi connectivity index (χ3v) is 3.08. The van der Waals surface area contributed by atoms with E-state index in [1.165, 1.54) is 6.07 Å². The van der Waals surface area contributed by atoms with Gasteiger partial charge in [-0.3, -0.25) is 14.9 Å². The van der Waals surface area contributed by atoms with E-state index < -0.39 is 21.8 Å². The van der Waals surface area contributed by atoms with E-state index in [4.69, 9.17) is 4.42 Å². The second kappa shape index (κ2) is 4.75. The zero-order valence-corrected chi connectivity index (χ0v) is 10.6. The van der Waals surface area contributed by atoms with Crippen LogP contribution in [0.3, 0.4) is 0 Å². The number of hydrogen-bond donors (Lipinski definition) is 1. The first-order valence-corrected chi connectivity index (χ1v) is 6.07. The standard InChI is InChI=1S/C15H9NO5/c17-12-7-14(9-4-2-1-3-5-9)21-15-8-13(18)11(16(19)20)6-10(12)15/h1-8,18H. The van der Waals surface area contributed by atoms with E-state index in [-0.39, 0.29) is 11.0 Å². The molecule has 0 amide bonds. The van der Waals surface area contributed by atoms with E-state index >= 15 is 0 Å². The Morgan fingerprint density at radius 1 is 1.10 bits per heavy atom. The van der Waals surface area contributed by atoms with Crippen LogP contribution in [0.4, 0.5) is 5.69 Å². The molecule has 2 aromatic carbocycles. The van der Waals surface area contributed by atoms with Gasteiger partial charge in [-0.15, -0.1) is 0 Å². The second-order valence-corrected chi connectivity index (χ2v) is 4.44. The first-order chi connectivity index (χ1) is 10.1. The molecule has 21 heavy (non-hydrogen) atoms. The molecule has 1 aromatic heterocycles. The van der Waals surface area contributed by atoms with Gasteiger partial charge in [-0.2, -0.15) is 0 Å². The maximum absolute atomic E-state index is 12.1. The Labute approximate surface area is 118 Å². The van der Waals surface area contributed by atoms with E-state index in [1.807, 2.05) is 6.07 Å². The summed E-state index contributed by atoms with van der Waals surface area (Å²) in [6.07, 6.45) is 0. The highest BCUT2D eigenvalue weighted by atomic mass is 16.6. The summed E-state index contributed by atoms with van der Waals surface area (Å²) < 4.78 is 5.56. The van der Waals surface area contributed by atoms with Crippen molar-refractivity contribution in [3.63, 3.8) is 0 Å². The smallest absolute Gasteiger partial charge is 0.311 e. The van der Waals surface area contributed by atoms with Crippen LogP contribution in [-0.2, 0) is 0 Å². The van der Waals surface area contributed by atoms with Gasteiger partial charge in [-0.25, -0.2) is 0 Å². The Morgan fingerprint density at radius 3 is 2.48 bits per heavy atom. The van der Waals surface area contributed by atoms with E-state index in [0.29, 0.717) is 11.3 Å². The van der Waals surface area contributed by atoms with Crippen LogP contribution in [-0.4, -0.2) is 10.0 Å². The SMILES string of the molecule is O=c1cc(-c2ccccc2)oc2cc(O)c([N+](=O)[O-])cc12. The van der Waals surface area contributed by atoms with Gasteiger partial charge in [0.25, 0.3) is 0 Å². The van der Waals surface area contributed by atoms with Gasteiger partial charge in [0.1, 0.15) is 11.3 Å². The Bertz CT molecular complexity index is 899. The minimum absolute atomic E-state index is 0.0548. The van der Waals surface area contributed by atoms with Gasteiger partial charge in [-0.05, 0) is 0 Å². The number of aromatic hydroxyl groups is 1. The number of fused-ring (bicyclic) bond motifs is 1. The minimum atomic E-state index is -0.751. The highest BCUT2D eigenvalue weighted by molar-refractivity contribution is 5.83. The molecule has 6 heteroatoms. The molecule has 3 rings (SSSR count). The van der Waals surface area contributed by atoms with Crippen LogP contribution < -0.4 is 5.43 Å². The fourth-order valence-electron chi connectivity index (χ4n) is 2.07. The quantitative estimate of drug-likeness (QED) is 0.576. The number of hydrogen-bond acceptors (Lipinski definition) is 5. The van der Waals surface area contributed by atoms with Gasteiger partial charge in [-0.1, -0.05) is 30.3 Å². The molecular weight excluding hydrogens is 274 g/mol. The molecular formula is C15H9NO5. The third-order valence-electron chi connectivity index (χ3n) is 3.08. The predicted molar refractivity (Wildman–Crippen MR) is 76.2 cm³/mol. The first kappa shape index (κ1) is 12.9. The fourth-order valence-corrected chi connectivity index (χ4v) is 2.07. The number of nitro benzene ring substituents is 1. The van der Waals surface area contributed by atoms with Crippen LogP contribution in [0.25, 0.3) is 22.3 Å². The average molecular weight is 283 g/mol. The van der Waals surface area contributed by atoms with E-state index in [1.54, 1.807) is 24.3 Å². The van der Waals surface area contributed by atoms with E-state index in [0.717, 1.165) is 12.1 Å². The Balaban J connectivity index is 2.29. The van der Waals surface area contributed by atoms with Gasteiger partial charge >= 0.3 is 5.69 Å². The van der Waals surface area contributed by atoms with Crippen LogP contribution in [0, 0.1) is 10.1 Å². The number of phenolic OH excluding ortho intramolecular Hbond substituents is 1. The largest absolute Gasteiger partial charge is 0.502 e. The number of phenols is 1. The van der Waals surface area contributed by atoms with Crippen LogP contribution in [0.5, 0.6) is 5.75 Å². The van der Waals surface area contributed by atoms with Crippen molar-refractivity contribution < 1.29 is 14.4 Å². The highest BCUT2D eigenvalue weighted by Gasteiger charge is 2.17. The first-order valence-electron chi connectivity index (χ1n) is 6.07. The Hall–Kier alpha value is -3.15. The highest BCUT2D eigenvalue weighted by Crippen LogP contribution is 2.31. The minimum Gasteiger partial charge on any atom is -0.502 e. The number of benzene rings is 2. The van der Waals surface area contributed by atoms with Crippen molar-refractivity contribution in [1.82, 2.24) is 0 Å². The molecule has 0 fully saturated rings. The molecule has 1 heterocycles. The van der Waals surface area contributed by atoms with Gasteiger partial charge in [0, 0.05) is 23.8 Å². The molecule has 0 bridgehead atoms. The molecule has 104 valence electrons. The lowest BCUT2D eigenvalue weighted by Crippen LogP contribution is -2.01. The molecule has 1 N–H and O–H groups in total. The summed E-state index contributed by atoms with van der Waals surface area (Å²) in [4.78, 5) is 22.1. The number of nitrogens with zero attached hydrogens (tertiary/aromatic N) is 1. The van der Waals surface area contributed by atoms with Crippen molar-refractivity contribution in [2.24, 2.45) is 0 Å². The van der Waals surface area contributed by atoms with Gasteiger partial charge in [0.2, 0.25) is 0 Å². The summed E-state index contributed by atoms with van der Waals surface area (Å²) >= 11 is 0. The molecule has 0 radical (unpaired) electrons. The van der Waals surface area contributed by atoms with Crippen molar-refractivity contribution in [2.75, 3.05) is 0 Å². The molecule has 0 aliphatic rings. The van der Waals surface area contributed by atoms with Crippen molar-refractivity contribution in [3.05, 3.63) is 68.9 Å². The maximum Gasteiger partial charge on any atom is 0.311 e. The van der Waals surface area contributed by atoms with Crippen molar-refractivity contribution in [2.45, 2.75) is 0 Å². The normalized spacial score (nSPS) is 10.7. The van der Waals surface area contributed by atoms with Crippen molar-refractivity contribution >= 4 is 16.7 Å². The summed E-state index contributed by atoms with van der Waals surface area (Å²) in [5.41, 5.74) is -0.126.